The van der Waals surface area contributed by atoms with Crippen LogP contribution in [-0.4, -0.2) is 81.4 Å². The van der Waals surface area contributed by atoms with E-state index in [1.807, 2.05) is 0 Å². The predicted molar refractivity (Wildman–Crippen MR) is 112 cm³/mol. The second-order valence-corrected chi connectivity index (χ2v) is 9.05. The molecule has 0 aliphatic heterocycles. The Hall–Kier alpha value is -3.26. The molecule has 0 fully saturated rings. The van der Waals surface area contributed by atoms with Crippen LogP contribution >= 0.6 is 0 Å². The lowest BCUT2D eigenvalue weighted by Crippen LogP contribution is -2.22. The van der Waals surface area contributed by atoms with Crippen molar-refractivity contribution < 1.29 is 35.5 Å². The average molecular weight is 489 g/mol. The molecule has 2 aromatic rings. The van der Waals surface area contributed by atoms with Crippen molar-refractivity contribution in [2.75, 3.05) is 40.0 Å². The van der Waals surface area contributed by atoms with Crippen LogP contribution in [0.3, 0.4) is 0 Å². The van der Waals surface area contributed by atoms with Crippen molar-refractivity contribution in [2.24, 2.45) is 10.7 Å². The summed E-state index contributed by atoms with van der Waals surface area (Å²) < 4.78 is 72.6. The van der Waals surface area contributed by atoms with E-state index in [0.29, 0.717) is 12.6 Å². The van der Waals surface area contributed by atoms with Crippen molar-refractivity contribution in [3.8, 4) is 11.5 Å². The molecule has 0 atom stereocenters. The summed E-state index contributed by atoms with van der Waals surface area (Å²) in [5.41, 5.74) is 3.29. The number of hydrogen-bond acceptors (Lipinski definition) is 10. The summed E-state index contributed by atoms with van der Waals surface area (Å²) in [4.78, 5) is 17.4. The fourth-order valence-corrected chi connectivity index (χ4v) is 2.91. The van der Waals surface area contributed by atoms with Crippen LogP contribution in [0.1, 0.15) is 5.89 Å². The van der Waals surface area contributed by atoms with Crippen LogP contribution in [-0.2, 0) is 19.4 Å². The topological polar surface area (TPSA) is 141 Å². The molecule has 180 valence electrons. The number of hydrogen-bond donors (Lipinski definition) is 1. The van der Waals surface area contributed by atoms with Gasteiger partial charge in [-0.1, -0.05) is 6.07 Å². The molecule has 1 aromatic carbocycles. The number of rotatable bonds is 9. The number of likely N-dealkylation sites (N-methyl/N-ethyl adjacent to an activating group) is 1. The maximum atomic E-state index is 12.9. The predicted octanol–water partition coefficient (Wildman–Crippen LogP) is 1.44. The van der Waals surface area contributed by atoms with Gasteiger partial charge in [-0.05, 0) is 38.4 Å². The minimum atomic E-state index is -4.86. The first-order valence-electron chi connectivity index (χ1n) is 9.31. The molecular formula is C19H22F3N5O5S. The zero-order valence-electron chi connectivity index (χ0n) is 18.0. The highest BCUT2D eigenvalue weighted by atomic mass is 32.2. The quantitative estimate of drug-likeness (QED) is 0.409. The van der Waals surface area contributed by atoms with E-state index in [4.69, 9.17) is 14.9 Å². The van der Waals surface area contributed by atoms with Crippen molar-refractivity contribution >= 4 is 21.5 Å². The number of aromatic nitrogens is 2. The molecule has 33 heavy (non-hydrogen) atoms. The molecule has 0 aliphatic rings. The molecule has 0 saturated carbocycles. The monoisotopic (exact) mass is 489 g/mol. The Morgan fingerprint density at radius 3 is 2.61 bits per heavy atom. The largest absolute Gasteiger partial charge is 0.463 e. The number of ether oxygens (including phenoxy) is 1. The van der Waals surface area contributed by atoms with E-state index in [1.165, 1.54) is 24.3 Å². The Bertz CT molecular complexity index is 1160. The molecule has 0 bridgehead atoms. The number of sulfone groups is 1. The van der Waals surface area contributed by atoms with Crippen molar-refractivity contribution in [3.05, 3.63) is 41.9 Å². The van der Waals surface area contributed by atoms with Crippen LogP contribution in [0.25, 0.3) is 11.5 Å². The van der Waals surface area contributed by atoms with E-state index >= 15 is 0 Å². The van der Waals surface area contributed by atoms with E-state index in [1.54, 1.807) is 19.0 Å². The minimum absolute atomic E-state index is 0.0182. The fraction of sp³-hybridized carbons (Fsp3) is 0.368. The van der Waals surface area contributed by atoms with Crippen LogP contribution in [0.15, 0.2) is 50.3 Å². The van der Waals surface area contributed by atoms with Gasteiger partial charge in [0, 0.05) is 18.4 Å². The lowest BCUT2D eigenvalue weighted by molar-refractivity contribution is -0.142. The van der Waals surface area contributed by atoms with Gasteiger partial charge in [0.25, 0.3) is 5.89 Å². The Kier molecular flexibility index (Phi) is 8.33. The maximum absolute atomic E-state index is 12.9. The average Bonchev–Trinajstić information content (AvgIpc) is 3.19. The lowest BCUT2D eigenvalue weighted by Gasteiger charge is -2.09. The first-order valence-corrected chi connectivity index (χ1v) is 11.2. The van der Waals surface area contributed by atoms with E-state index in [-0.39, 0.29) is 23.0 Å². The van der Waals surface area contributed by atoms with Crippen LogP contribution in [0.2, 0.25) is 0 Å². The first kappa shape index (κ1) is 26.0. The van der Waals surface area contributed by atoms with Crippen LogP contribution < -0.4 is 5.73 Å². The summed E-state index contributed by atoms with van der Waals surface area (Å²) in [5, 5.41) is 7.39. The lowest BCUT2D eigenvalue weighted by atomic mass is 10.2. The number of aliphatic imine (C=N–C) groups is 1. The van der Waals surface area contributed by atoms with Gasteiger partial charge < -0.3 is 19.8 Å². The molecular weight excluding hydrogens is 467 g/mol. The van der Waals surface area contributed by atoms with Gasteiger partial charge in [0.2, 0.25) is 5.89 Å². The highest BCUT2D eigenvalue weighted by Gasteiger charge is 2.32. The Balaban J connectivity index is 2.35. The first-order chi connectivity index (χ1) is 15.3. The van der Waals surface area contributed by atoms with Gasteiger partial charge in [-0.2, -0.15) is 13.2 Å². The van der Waals surface area contributed by atoms with Crippen molar-refractivity contribution in [1.29, 1.82) is 0 Å². The molecule has 2 rings (SSSR count). The number of nitrogens with zero attached hydrogens (tertiary/aromatic N) is 4. The van der Waals surface area contributed by atoms with Gasteiger partial charge in [0.1, 0.15) is 24.6 Å². The smallest absolute Gasteiger partial charge is 0.430 e. The molecule has 10 nitrogen and oxygen atoms in total. The molecule has 1 heterocycles. The summed E-state index contributed by atoms with van der Waals surface area (Å²) in [6, 6.07) is 5.55. The molecule has 1 aromatic heterocycles. The van der Waals surface area contributed by atoms with Crippen molar-refractivity contribution in [1.82, 2.24) is 15.1 Å². The van der Waals surface area contributed by atoms with Gasteiger partial charge in [-0.3, -0.25) is 9.79 Å². The van der Waals surface area contributed by atoms with Gasteiger partial charge in [0.05, 0.1) is 4.90 Å². The second-order valence-electron chi connectivity index (χ2n) is 7.04. The number of esters is 1. The number of alkyl halides is 3. The van der Waals surface area contributed by atoms with Crippen LogP contribution in [0.5, 0.6) is 0 Å². The highest BCUT2D eigenvalue weighted by molar-refractivity contribution is 7.90. The molecule has 0 saturated heterocycles. The summed E-state index contributed by atoms with van der Waals surface area (Å²) in [6.07, 6.45) is -3.39. The third-order valence-electron chi connectivity index (χ3n) is 3.95. The number of nitrogens with two attached hydrogens (primary N) is 1. The number of benzene rings is 1. The highest BCUT2D eigenvalue weighted by Crippen LogP contribution is 2.24. The standard InChI is InChI=1S/C19H22F3N5O5S/c1-27(2)7-8-31-16(28)11-24-14(10-15(23)19(20,21)22)18-26-25-17(32-18)12-5-4-6-13(9-12)33(3,29)30/h4-6,9-10H,7-8,11,23H2,1-3H3. The molecule has 14 heteroatoms. The van der Waals surface area contributed by atoms with Gasteiger partial charge >= 0.3 is 12.1 Å². The molecule has 0 aliphatic carbocycles. The minimum Gasteiger partial charge on any atom is -0.463 e. The third-order valence-corrected chi connectivity index (χ3v) is 5.06. The molecule has 0 radical (unpaired) electrons. The van der Waals surface area contributed by atoms with Gasteiger partial charge in [-0.25, -0.2) is 8.42 Å². The summed E-state index contributed by atoms with van der Waals surface area (Å²) in [6.45, 7) is -0.104. The number of halogens is 3. The summed E-state index contributed by atoms with van der Waals surface area (Å²) in [7, 11) is 0.0173. The number of allylic oxidation sites excluding steroid dienone is 2. The zero-order valence-corrected chi connectivity index (χ0v) is 18.8. The Morgan fingerprint density at radius 1 is 1.30 bits per heavy atom. The summed E-state index contributed by atoms with van der Waals surface area (Å²) in [5.74, 6) is -1.41. The maximum Gasteiger partial charge on any atom is 0.430 e. The number of carbonyl (C=O) groups is 1. The zero-order chi connectivity index (χ0) is 24.8. The van der Waals surface area contributed by atoms with E-state index < -0.39 is 45.8 Å². The van der Waals surface area contributed by atoms with Crippen LogP contribution in [0, 0.1) is 0 Å². The SMILES string of the molecule is CN(C)CCOC(=O)CN=C(C=C(N)C(F)(F)F)c1nnc(-c2cccc(S(C)(=O)=O)c2)o1. The van der Waals surface area contributed by atoms with Gasteiger partial charge in [0.15, 0.2) is 9.84 Å². The molecule has 2 N–H and O–H groups in total. The third kappa shape index (κ3) is 7.98. The second kappa shape index (κ2) is 10.6. The molecule has 0 amide bonds. The summed E-state index contributed by atoms with van der Waals surface area (Å²) >= 11 is 0. The van der Waals surface area contributed by atoms with Crippen LogP contribution in [0.4, 0.5) is 13.2 Å². The normalized spacial score (nSPS) is 13.4. The molecule has 0 unspecified atom stereocenters. The Morgan fingerprint density at radius 2 is 2.00 bits per heavy atom. The van der Waals surface area contributed by atoms with E-state index in [2.05, 4.69) is 15.2 Å². The Labute approximate surface area is 187 Å². The van der Waals surface area contributed by atoms with E-state index in [0.717, 1.165) is 6.26 Å². The van der Waals surface area contributed by atoms with Gasteiger partial charge in [-0.15, -0.1) is 10.2 Å². The molecule has 0 spiro atoms. The van der Waals surface area contributed by atoms with E-state index in [9.17, 15) is 26.4 Å². The fourth-order valence-electron chi connectivity index (χ4n) is 2.24. The van der Waals surface area contributed by atoms with Crippen molar-refractivity contribution in [3.63, 3.8) is 0 Å². The van der Waals surface area contributed by atoms with Crippen molar-refractivity contribution in [2.45, 2.75) is 11.1 Å². The number of carbonyl (C=O) groups excluding carboxylic acids is 1.